The summed E-state index contributed by atoms with van der Waals surface area (Å²) in [5, 5.41) is 5.85. The van der Waals surface area contributed by atoms with Gasteiger partial charge in [-0.05, 0) is 65.3 Å². The minimum atomic E-state index is -0.397. The van der Waals surface area contributed by atoms with Crippen molar-refractivity contribution in [2.75, 3.05) is 13.7 Å². The molecular weight excluding hydrogens is 653 g/mol. The minimum absolute atomic E-state index is 0.0594. The third-order valence-electron chi connectivity index (χ3n) is 6.81. The summed E-state index contributed by atoms with van der Waals surface area (Å²) in [5.41, 5.74) is 1.52. The highest BCUT2D eigenvalue weighted by Crippen LogP contribution is 2.43. The van der Waals surface area contributed by atoms with E-state index in [-0.39, 0.29) is 23.2 Å². The van der Waals surface area contributed by atoms with Gasteiger partial charge in [0.15, 0.2) is 17.3 Å². The summed E-state index contributed by atoms with van der Waals surface area (Å²) in [7, 11) is 1.58. The first-order chi connectivity index (χ1) is 21.4. The van der Waals surface area contributed by atoms with Crippen molar-refractivity contribution >= 4 is 55.6 Å². The second kappa shape index (κ2) is 12.5. The van der Waals surface area contributed by atoms with Gasteiger partial charge in [0.1, 0.15) is 28.8 Å². The minimum Gasteiger partial charge on any atom is -0.496 e. The summed E-state index contributed by atoms with van der Waals surface area (Å²) in [6, 6.07) is 22.2. The average molecular weight is 677 g/mol. The Morgan fingerprint density at radius 1 is 1.02 bits per heavy atom. The molecule has 0 unspecified atom stereocenters. The van der Waals surface area contributed by atoms with Crippen molar-refractivity contribution in [1.29, 1.82) is 0 Å². The SMILES string of the molecule is CCOc1cc(C=Nn2c(-c3cc4c(OC)cccc4o3)nc3ccccc3c2=O)c(Br)c(Cl)c1OCc1ccccc1F. The highest BCUT2D eigenvalue weighted by Gasteiger charge is 2.20. The number of rotatable bonds is 9. The highest BCUT2D eigenvalue weighted by molar-refractivity contribution is 9.10. The van der Waals surface area contributed by atoms with E-state index >= 15 is 0 Å². The molecule has 2 heterocycles. The Bertz CT molecular complexity index is 2110. The van der Waals surface area contributed by atoms with Crippen LogP contribution in [-0.2, 0) is 6.61 Å². The fraction of sp³-hybridized carbons (Fsp3) is 0.121. The Morgan fingerprint density at radius 3 is 2.61 bits per heavy atom. The van der Waals surface area contributed by atoms with Crippen LogP contribution >= 0.6 is 27.5 Å². The van der Waals surface area contributed by atoms with Crippen molar-refractivity contribution in [1.82, 2.24) is 9.66 Å². The van der Waals surface area contributed by atoms with E-state index in [1.807, 2.05) is 19.1 Å². The lowest BCUT2D eigenvalue weighted by Crippen LogP contribution is -2.20. The standard InChI is InChI=1S/C33H24BrClFN3O5/c1-3-42-27-15-20(29(34)30(35)31(27)43-18-19-9-4-6-11-23(19)36)17-37-39-32(38-24-12-7-5-10-21(24)33(39)40)28-16-22-25(41-2)13-8-14-26(22)44-28/h4-17H,3,18H2,1-2H3. The number of methoxy groups -OCH3 is 1. The predicted octanol–water partition coefficient (Wildman–Crippen LogP) is 8.23. The Morgan fingerprint density at radius 2 is 1.82 bits per heavy atom. The second-order valence-corrected chi connectivity index (χ2v) is 10.7. The molecule has 0 radical (unpaired) electrons. The van der Waals surface area contributed by atoms with Gasteiger partial charge in [-0.2, -0.15) is 9.78 Å². The van der Waals surface area contributed by atoms with Gasteiger partial charge in [-0.15, -0.1) is 0 Å². The molecule has 2 aromatic heterocycles. The molecule has 0 spiro atoms. The first kappa shape index (κ1) is 29.4. The number of nitrogens with zero attached hydrogens (tertiary/aromatic N) is 3. The predicted molar refractivity (Wildman–Crippen MR) is 172 cm³/mol. The van der Waals surface area contributed by atoms with Crippen molar-refractivity contribution in [3.05, 3.63) is 116 Å². The Hall–Kier alpha value is -4.67. The number of benzene rings is 4. The average Bonchev–Trinajstić information content (AvgIpc) is 3.48. The van der Waals surface area contributed by atoms with Crippen LogP contribution in [0.1, 0.15) is 18.1 Å². The number of ether oxygens (including phenoxy) is 3. The zero-order valence-electron chi connectivity index (χ0n) is 23.5. The molecule has 0 aliphatic carbocycles. The van der Waals surface area contributed by atoms with E-state index in [1.165, 1.54) is 17.0 Å². The van der Waals surface area contributed by atoms with Gasteiger partial charge >= 0.3 is 0 Å². The highest BCUT2D eigenvalue weighted by atomic mass is 79.9. The Labute approximate surface area is 264 Å². The molecule has 4 aromatic carbocycles. The Balaban J connectivity index is 1.45. The molecule has 8 nitrogen and oxygen atoms in total. The number of hydrogen-bond donors (Lipinski definition) is 0. The summed E-state index contributed by atoms with van der Waals surface area (Å²) < 4.78 is 39.2. The molecule has 0 aliphatic heterocycles. The maximum absolute atomic E-state index is 14.2. The molecule has 0 aliphatic rings. The molecule has 0 fully saturated rings. The van der Waals surface area contributed by atoms with Gasteiger partial charge in [0, 0.05) is 15.6 Å². The summed E-state index contributed by atoms with van der Waals surface area (Å²) in [5.74, 6) is 1.32. The second-order valence-electron chi connectivity index (χ2n) is 9.53. The zero-order chi connectivity index (χ0) is 30.8. The quantitative estimate of drug-likeness (QED) is 0.143. The smallest absolute Gasteiger partial charge is 0.282 e. The fourth-order valence-electron chi connectivity index (χ4n) is 4.69. The zero-order valence-corrected chi connectivity index (χ0v) is 25.9. The number of furan rings is 1. The molecule has 0 bridgehead atoms. The van der Waals surface area contributed by atoms with Gasteiger partial charge in [0.05, 0.1) is 36.2 Å². The summed E-state index contributed by atoms with van der Waals surface area (Å²) in [4.78, 5) is 18.5. The fourth-order valence-corrected chi connectivity index (χ4v) is 5.35. The molecule has 0 saturated heterocycles. The van der Waals surface area contributed by atoms with Crippen molar-refractivity contribution in [2.45, 2.75) is 13.5 Å². The van der Waals surface area contributed by atoms with Crippen molar-refractivity contribution in [3.8, 4) is 28.8 Å². The van der Waals surface area contributed by atoms with E-state index in [2.05, 4.69) is 21.0 Å². The third kappa shape index (κ3) is 5.54. The van der Waals surface area contributed by atoms with Crippen LogP contribution in [0.3, 0.4) is 0 Å². The van der Waals surface area contributed by atoms with Crippen molar-refractivity contribution in [3.63, 3.8) is 0 Å². The van der Waals surface area contributed by atoms with Crippen molar-refractivity contribution in [2.24, 2.45) is 5.10 Å². The van der Waals surface area contributed by atoms with Gasteiger partial charge in [-0.3, -0.25) is 4.79 Å². The van der Waals surface area contributed by atoms with Crippen LogP contribution < -0.4 is 19.8 Å². The van der Waals surface area contributed by atoms with Gasteiger partial charge < -0.3 is 18.6 Å². The third-order valence-corrected chi connectivity index (χ3v) is 8.26. The topological polar surface area (TPSA) is 88.1 Å². The van der Waals surface area contributed by atoms with Crippen LogP contribution in [0.4, 0.5) is 4.39 Å². The van der Waals surface area contributed by atoms with Crippen LogP contribution in [0, 0.1) is 5.82 Å². The van der Waals surface area contributed by atoms with Gasteiger partial charge in [0.2, 0.25) is 5.82 Å². The summed E-state index contributed by atoms with van der Waals surface area (Å²) in [6.07, 6.45) is 1.46. The Kier molecular flexibility index (Phi) is 8.36. The molecular formula is C33H24BrClFN3O5. The number of halogens is 3. The molecule has 6 aromatic rings. The monoisotopic (exact) mass is 675 g/mol. The van der Waals surface area contributed by atoms with E-state index < -0.39 is 11.4 Å². The van der Waals surface area contributed by atoms with Crippen LogP contribution in [0.15, 0.2) is 97.6 Å². The van der Waals surface area contributed by atoms with Gasteiger partial charge in [0.25, 0.3) is 5.56 Å². The van der Waals surface area contributed by atoms with Gasteiger partial charge in [-0.1, -0.05) is 48.0 Å². The molecule has 6 rings (SSSR count). The number of para-hydroxylation sites is 1. The molecule has 44 heavy (non-hydrogen) atoms. The maximum Gasteiger partial charge on any atom is 0.282 e. The largest absolute Gasteiger partial charge is 0.496 e. The van der Waals surface area contributed by atoms with Crippen LogP contribution in [0.2, 0.25) is 5.02 Å². The molecule has 0 N–H and O–H groups in total. The summed E-state index contributed by atoms with van der Waals surface area (Å²) in [6.45, 7) is 2.08. The van der Waals surface area contributed by atoms with E-state index in [0.29, 0.717) is 56.0 Å². The lowest BCUT2D eigenvalue weighted by molar-refractivity contribution is 0.266. The van der Waals surface area contributed by atoms with E-state index in [4.69, 9.17) is 35.2 Å². The first-order valence-corrected chi connectivity index (χ1v) is 14.7. The molecule has 0 amide bonds. The van der Waals surface area contributed by atoms with E-state index in [0.717, 1.165) is 5.39 Å². The van der Waals surface area contributed by atoms with Crippen LogP contribution in [0.25, 0.3) is 33.5 Å². The molecule has 0 atom stereocenters. The molecule has 11 heteroatoms. The van der Waals surface area contributed by atoms with Crippen LogP contribution in [0.5, 0.6) is 17.2 Å². The molecule has 0 saturated carbocycles. The lowest BCUT2D eigenvalue weighted by Gasteiger charge is -2.16. The van der Waals surface area contributed by atoms with E-state index in [9.17, 15) is 9.18 Å². The van der Waals surface area contributed by atoms with Crippen LogP contribution in [-0.4, -0.2) is 29.6 Å². The first-order valence-electron chi connectivity index (χ1n) is 13.5. The number of aromatic nitrogens is 2. The number of fused-ring (bicyclic) bond motifs is 2. The normalized spacial score (nSPS) is 11.5. The lowest BCUT2D eigenvalue weighted by atomic mass is 10.2. The van der Waals surface area contributed by atoms with Crippen molar-refractivity contribution < 1.29 is 23.0 Å². The van der Waals surface area contributed by atoms with Gasteiger partial charge in [-0.25, -0.2) is 9.37 Å². The maximum atomic E-state index is 14.2. The number of hydrogen-bond acceptors (Lipinski definition) is 7. The summed E-state index contributed by atoms with van der Waals surface area (Å²) >= 11 is 10.2. The molecule has 222 valence electrons. The van der Waals surface area contributed by atoms with E-state index in [1.54, 1.807) is 67.8 Å².